The average Bonchev–Trinajstić information content (AvgIpc) is 3.18. The summed E-state index contributed by atoms with van der Waals surface area (Å²) in [5, 5.41) is 18.2. The molecule has 0 unspecified atom stereocenters. The van der Waals surface area contributed by atoms with E-state index in [9.17, 15) is 14.7 Å². The van der Waals surface area contributed by atoms with Gasteiger partial charge in [0.25, 0.3) is 5.91 Å². The van der Waals surface area contributed by atoms with Crippen molar-refractivity contribution in [2.75, 3.05) is 41.5 Å². The minimum Gasteiger partial charge on any atom is -0.493 e. The third-order valence-electron chi connectivity index (χ3n) is 5.61. The molecule has 2 heterocycles. The van der Waals surface area contributed by atoms with Gasteiger partial charge in [-0.15, -0.1) is 17.5 Å². The molecule has 202 valence electrons. The van der Waals surface area contributed by atoms with Crippen LogP contribution >= 0.6 is 12.4 Å². The minimum absolute atomic E-state index is 0. The highest BCUT2D eigenvalue weighted by Gasteiger charge is 2.26. The maximum Gasteiger partial charge on any atom is 0.273 e. The molecule has 0 aliphatic rings. The van der Waals surface area contributed by atoms with Crippen LogP contribution in [0.4, 0.5) is 0 Å². The Morgan fingerprint density at radius 3 is 2.38 bits per heavy atom. The Balaban J connectivity index is 0.00000481. The lowest BCUT2D eigenvalue weighted by atomic mass is 9.84. The van der Waals surface area contributed by atoms with Gasteiger partial charge < -0.3 is 19.5 Å². The van der Waals surface area contributed by atoms with E-state index in [1.807, 2.05) is 27.7 Å². The van der Waals surface area contributed by atoms with Crippen molar-refractivity contribution in [1.82, 2.24) is 24.3 Å². The van der Waals surface area contributed by atoms with Crippen LogP contribution in [0.3, 0.4) is 0 Å². The largest absolute Gasteiger partial charge is 0.493 e. The van der Waals surface area contributed by atoms with Crippen molar-refractivity contribution in [2.45, 2.75) is 39.7 Å². The Morgan fingerprint density at radius 2 is 1.84 bits per heavy atom. The van der Waals surface area contributed by atoms with Gasteiger partial charge in [-0.3, -0.25) is 14.6 Å². The number of aryl methyl sites for hydroxylation is 1. The lowest BCUT2D eigenvalue weighted by molar-refractivity contribution is 0.0819. The van der Waals surface area contributed by atoms with Crippen LogP contribution in [0.2, 0.25) is 0 Å². The average molecular weight is 535 g/mol. The molecular weight excluding hydrogens is 500 g/mol. The normalized spacial score (nSPS) is 11.9. The van der Waals surface area contributed by atoms with E-state index >= 15 is 0 Å². The first-order valence-electron chi connectivity index (χ1n) is 11.5. The van der Waals surface area contributed by atoms with Gasteiger partial charge in [-0.05, 0) is 36.1 Å². The van der Waals surface area contributed by atoms with Gasteiger partial charge in [0.2, 0.25) is 5.62 Å². The number of aliphatic hydroxyl groups is 1. The minimum atomic E-state index is -0.338. The van der Waals surface area contributed by atoms with Crippen LogP contribution in [-0.2, 0) is 12.0 Å². The Labute approximate surface area is 222 Å². The number of carbonyl (C=O) groups excluding carboxylic acids is 2. The number of hydrogen-bond acceptors (Lipinski definition) is 8. The maximum absolute atomic E-state index is 13.5. The number of hydrogen-bond donors (Lipinski definition) is 1. The van der Waals surface area contributed by atoms with Crippen LogP contribution in [0.1, 0.15) is 52.7 Å². The number of carbonyl (C=O) groups is 2. The molecule has 2 aromatic heterocycles. The standard InChI is InChI=1S/C25H34N6O5.ClH/c1-15-11-18(23(34)29(6)7)27-31-22(15)28-30(24(31)26-5)14-19(33)16-12-17(25(2,3)4)21(35-8)20(13-16)36-10-9-32;/h11-13,32H,9-10,14H2,1-8H3;1H/b26-24+;. The van der Waals surface area contributed by atoms with Gasteiger partial charge in [-0.1, -0.05) is 20.8 Å². The third-order valence-corrected chi connectivity index (χ3v) is 5.61. The summed E-state index contributed by atoms with van der Waals surface area (Å²) in [4.78, 5) is 31.7. The van der Waals surface area contributed by atoms with Gasteiger partial charge >= 0.3 is 0 Å². The van der Waals surface area contributed by atoms with Crippen molar-refractivity contribution >= 4 is 29.7 Å². The fourth-order valence-corrected chi connectivity index (χ4v) is 3.82. The number of ketones is 1. The van der Waals surface area contributed by atoms with Gasteiger partial charge in [0.05, 0.1) is 13.7 Å². The highest BCUT2D eigenvalue weighted by atomic mass is 35.5. The number of benzene rings is 1. The fourth-order valence-electron chi connectivity index (χ4n) is 3.82. The van der Waals surface area contributed by atoms with Crippen molar-refractivity contribution in [3.8, 4) is 11.5 Å². The molecule has 0 fully saturated rings. The second-order valence-electron chi connectivity index (χ2n) is 9.63. The number of halogens is 1. The third kappa shape index (κ3) is 6.11. The summed E-state index contributed by atoms with van der Waals surface area (Å²) >= 11 is 0. The van der Waals surface area contributed by atoms with Crippen LogP contribution in [-0.4, -0.2) is 82.6 Å². The molecule has 0 atom stereocenters. The molecule has 3 aromatic rings. The van der Waals surface area contributed by atoms with E-state index in [2.05, 4.69) is 15.2 Å². The first-order valence-corrected chi connectivity index (χ1v) is 11.5. The smallest absolute Gasteiger partial charge is 0.273 e. The number of fused-ring (bicyclic) bond motifs is 1. The van der Waals surface area contributed by atoms with Crippen molar-refractivity contribution < 1.29 is 24.2 Å². The summed E-state index contributed by atoms with van der Waals surface area (Å²) in [7, 11) is 6.43. The van der Waals surface area contributed by atoms with Crippen LogP contribution in [0.15, 0.2) is 23.2 Å². The van der Waals surface area contributed by atoms with E-state index in [1.54, 1.807) is 46.5 Å². The summed E-state index contributed by atoms with van der Waals surface area (Å²) in [5.74, 6) is 0.432. The van der Waals surface area contributed by atoms with E-state index in [0.717, 1.165) is 11.1 Å². The second-order valence-corrected chi connectivity index (χ2v) is 9.63. The molecule has 3 rings (SSSR count). The molecule has 37 heavy (non-hydrogen) atoms. The topological polar surface area (TPSA) is 124 Å². The van der Waals surface area contributed by atoms with Gasteiger partial charge in [0.15, 0.2) is 22.9 Å². The molecule has 0 bridgehead atoms. The molecule has 1 amide bonds. The Kier molecular flexibility index (Phi) is 9.45. The molecule has 0 saturated carbocycles. The number of ether oxygens (including phenoxy) is 2. The number of nitrogens with zero attached hydrogens (tertiary/aromatic N) is 6. The van der Waals surface area contributed by atoms with Gasteiger partial charge in [0.1, 0.15) is 18.8 Å². The summed E-state index contributed by atoms with van der Waals surface area (Å²) in [6.45, 7) is 7.66. The number of aromatic nitrogens is 4. The van der Waals surface area contributed by atoms with Crippen LogP contribution < -0.4 is 15.1 Å². The van der Waals surface area contributed by atoms with Crippen LogP contribution in [0.25, 0.3) is 5.65 Å². The van der Waals surface area contributed by atoms with Gasteiger partial charge in [0, 0.05) is 32.3 Å². The maximum atomic E-state index is 13.5. The zero-order chi connectivity index (χ0) is 26.8. The molecule has 0 aliphatic carbocycles. The molecule has 12 heteroatoms. The summed E-state index contributed by atoms with van der Waals surface area (Å²) in [6, 6.07) is 5.08. The Hall–Kier alpha value is -3.44. The predicted octanol–water partition coefficient (Wildman–Crippen LogP) is 2.05. The lowest BCUT2D eigenvalue weighted by Gasteiger charge is -2.25. The van der Waals surface area contributed by atoms with Crippen molar-refractivity contribution in [3.63, 3.8) is 0 Å². The summed E-state index contributed by atoms with van der Waals surface area (Å²) in [6.07, 6.45) is 0. The number of Topliss-reactive ketones (excluding diaryl/α,β-unsaturated/α-hetero) is 1. The summed E-state index contributed by atoms with van der Waals surface area (Å²) in [5.41, 5.74) is 2.68. The van der Waals surface area contributed by atoms with Gasteiger partial charge in [-0.2, -0.15) is 9.61 Å². The van der Waals surface area contributed by atoms with Crippen molar-refractivity contribution in [1.29, 1.82) is 0 Å². The first-order chi connectivity index (χ1) is 16.9. The van der Waals surface area contributed by atoms with E-state index in [1.165, 1.54) is 14.1 Å². The lowest BCUT2D eigenvalue weighted by Crippen LogP contribution is -2.29. The predicted molar refractivity (Wildman–Crippen MR) is 141 cm³/mol. The summed E-state index contributed by atoms with van der Waals surface area (Å²) < 4.78 is 14.2. The molecule has 0 spiro atoms. The number of methoxy groups -OCH3 is 1. The number of amides is 1. The van der Waals surface area contributed by atoms with Crippen molar-refractivity contribution in [3.05, 3.63) is 46.2 Å². The molecule has 0 saturated heterocycles. The Bertz CT molecular complexity index is 1370. The zero-order valence-electron chi connectivity index (χ0n) is 22.5. The second kappa shape index (κ2) is 11.7. The molecule has 0 radical (unpaired) electrons. The number of rotatable bonds is 8. The fraction of sp³-hybridized carbons (Fsp3) is 0.480. The zero-order valence-corrected chi connectivity index (χ0v) is 23.3. The van der Waals surface area contributed by atoms with Crippen molar-refractivity contribution in [2.24, 2.45) is 4.99 Å². The molecular formula is C25H35ClN6O5. The van der Waals surface area contributed by atoms with Gasteiger partial charge in [-0.25, -0.2) is 4.68 Å². The monoisotopic (exact) mass is 534 g/mol. The molecule has 1 N–H and O–H groups in total. The number of aliphatic hydroxyl groups excluding tert-OH is 1. The first kappa shape index (κ1) is 29.8. The Morgan fingerprint density at radius 1 is 1.16 bits per heavy atom. The molecule has 0 aliphatic heterocycles. The SMILES string of the molecule is C/N=c1\n(CC(=O)c2cc(OCCO)c(OC)c(C(C)(C)C)c2)nc2c(C)cc(C(=O)N(C)C)nn12.Cl. The quantitative estimate of drug-likeness (QED) is 0.439. The van der Waals surface area contributed by atoms with Crippen LogP contribution in [0, 0.1) is 6.92 Å². The van der Waals surface area contributed by atoms with E-state index in [4.69, 9.17) is 9.47 Å². The van der Waals surface area contributed by atoms with E-state index in [0.29, 0.717) is 28.3 Å². The highest BCUT2D eigenvalue weighted by molar-refractivity contribution is 5.97. The van der Waals surface area contributed by atoms with Crippen LogP contribution in [0.5, 0.6) is 11.5 Å². The van der Waals surface area contributed by atoms with E-state index in [-0.39, 0.29) is 55.0 Å². The molecule has 1 aromatic carbocycles. The van der Waals surface area contributed by atoms with E-state index < -0.39 is 0 Å². The molecule has 11 nitrogen and oxygen atoms in total. The highest BCUT2D eigenvalue weighted by Crippen LogP contribution is 2.39.